The molecule has 0 bridgehead atoms. The Labute approximate surface area is 116 Å². The molecule has 1 heterocycles. The Morgan fingerprint density at radius 3 is 2.58 bits per heavy atom. The summed E-state index contributed by atoms with van der Waals surface area (Å²) in [6.07, 6.45) is -4.57. The molecule has 0 N–H and O–H groups in total. The van der Waals surface area contributed by atoms with Crippen molar-refractivity contribution in [3.05, 3.63) is 34.6 Å². The van der Waals surface area contributed by atoms with Crippen molar-refractivity contribution in [2.45, 2.75) is 18.5 Å². The van der Waals surface area contributed by atoms with Gasteiger partial charge in [0.15, 0.2) is 5.82 Å². The van der Waals surface area contributed by atoms with Crippen molar-refractivity contribution in [2.75, 3.05) is 0 Å². The molecule has 1 aromatic carbocycles. The van der Waals surface area contributed by atoms with Gasteiger partial charge >= 0.3 is 6.18 Å². The Bertz CT molecular complexity index is 595. The van der Waals surface area contributed by atoms with Crippen molar-refractivity contribution in [3.8, 4) is 5.69 Å². The van der Waals surface area contributed by atoms with E-state index in [2.05, 4.69) is 15.5 Å². The van der Waals surface area contributed by atoms with E-state index >= 15 is 0 Å². The lowest BCUT2D eigenvalue weighted by atomic mass is 10.1. The third kappa shape index (κ3) is 2.82. The summed E-state index contributed by atoms with van der Waals surface area (Å²) >= 11 is 11.4. The summed E-state index contributed by atoms with van der Waals surface area (Å²) in [6, 6.07) is 3.35. The Hall–Kier alpha value is -1.34. The number of alkyl halides is 4. The summed E-state index contributed by atoms with van der Waals surface area (Å²) in [6.45, 7) is 1.56. The molecule has 19 heavy (non-hydrogen) atoms. The maximum atomic E-state index is 13.0. The number of tetrazole rings is 1. The lowest BCUT2D eigenvalue weighted by Crippen LogP contribution is -2.13. The second-order valence-corrected chi connectivity index (χ2v) is 4.82. The van der Waals surface area contributed by atoms with Crippen molar-refractivity contribution in [3.63, 3.8) is 0 Å². The normalized spacial score (nSPS) is 13.6. The number of hydrogen-bond donors (Lipinski definition) is 0. The van der Waals surface area contributed by atoms with Crippen LogP contribution in [0.4, 0.5) is 13.2 Å². The van der Waals surface area contributed by atoms with Crippen LogP contribution in [0.2, 0.25) is 5.02 Å². The highest BCUT2D eigenvalue weighted by molar-refractivity contribution is 6.30. The Kier molecular flexibility index (Phi) is 3.69. The average Bonchev–Trinajstić information content (AvgIpc) is 2.76. The molecule has 0 radical (unpaired) electrons. The maximum Gasteiger partial charge on any atom is 0.418 e. The van der Waals surface area contributed by atoms with Crippen molar-refractivity contribution >= 4 is 23.2 Å². The molecule has 2 aromatic rings. The highest BCUT2D eigenvalue weighted by Crippen LogP contribution is 2.36. The van der Waals surface area contributed by atoms with Crippen LogP contribution in [0.25, 0.3) is 5.69 Å². The lowest BCUT2D eigenvalue weighted by molar-refractivity contribution is -0.137. The number of halogens is 5. The second-order valence-electron chi connectivity index (χ2n) is 3.72. The van der Waals surface area contributed by atoms with Gasteiger partial charge in [-0.1, -0.05) is 11.6 Å². The van der Waals surface area contributed by atoms with Crippen molar-refractivity contribution in [1.82, 2.24) is 20.2 Å². The summed E-state index contributed by atoms with van der Waals surface area (Å²) < 4.78 is 39.9. The van der Waals surface area contributed by atoms with Gasteiger partial charge in [-0.05, 0) is 35.5 Å². The third-order valence-electron chi connectivity index (χ3n) is 2.34. The molecule has 1 unspecified atom stereocenters. The van der Waals surface area contributed by atoms with Crippen LogP contribution in [0, 0.1) is 0 Å². The molecular formula is C10H7Cl2F3N4. The van der Waals surface area contributed by atoms with E-state index in [1.807, 2.05) is 0 Å². The summed E-state index contributed by atoms with van der Waals surface area (Å²) in [5, 5.41) is 9.83. The largest absolute Gasteiger partial charge is 0.418 e. The molecule has 0 aliphatic rings. The first-order chi connectivity index (χ1) is 8.80. The van der Waals surface area contributed by atoms with Gasteiger partial charge in [0.2, 0.25) is 0 Å². The zero-order chi connectivity index (χ0) is 14.2. The minimum atomic E-state index is -4.57. The Morgan fingerprint density at radius 1 is 1.32 bits per heavy atom. The highest BCUT2D eigenvalue weighted by atomic mass is 35.5. The molecule has 0 amide bonds. The summed E-state index contributed by atoms with van der Waals surface area (Å²) in [7, 11) is 0. The van der Waals surface area contributed by atoms with E-state index in [1.165, 1.54) is 12.1 Å². The number of aromatic nitrogens is 4. The predicted molar refractivity (Wildman–Crippen MR) is 63.4 cm³/mol. The topological polar surface area (TPSA) is 43.6 Å². The quantitative estimate of drug-likeness (QED) is 0.795. The molecule has 4 nitrogen and oxygen atoms in total. The molecule has 0 saturated heterocycles. The molecule has 1 atom stereocenters. The fourth-order valence-electron chi connectivity index (χ4n) is 1.53. The molecule has 0 saturated carbocycles. The van der Waals surface area contributed by atoms with E-state index in [0.29, 0.717) is 0 Å². The van der Waals surface area contributed by atoms with Crippen LogP contribution in [0.5, 0.6) is 0 Å². The monoisotopic (exact) mass is 310 g/mol. The molecule has 0 aliphatic heterocycles. The molecule has 0 spiro atoms. The van der Waals surface area contributed by atoms with Crippen LogP contribution < -0.4 is 0 Å². The molecule has 0 aliphatic carbocycles. The summed E-state index contributed by atoms with van der Waals surface area (Å²) in [4.78, 5) is 0. The number of nitrogens with zero attached hydrogens (tertiary/aromatic N) is 4. The standard InChI is InChI=1S/C10H7Cl2F3N4/c1-5(11)9-16-17-18-19(9)8-3-2-6(12)4-7(8)10(13,14)15/h2-5H,1H3. The molecule has 1 aromatic heterocycles. The van der Waals surface area contributed by atoms with Gasteiger partial charge in [0.05, 0.1) is 16.6 Å². The van der Waals surface area contributed by atoms with E-state index in [0.717, 1.165) is 10.7 Å². The first-order valence-electron chi connectivity index (χ1n) is 5.10. The summed E-state index contributed by atoms with van der Waals surface area (Å²) in [5.74, 6) is 0.120. The molecule has 2 rings (SSSR count). The number of hydrogen-bond acceptors (Lipinski definition) is 3. The van der Waals surface area contributed by atoms with Gasteiger partial charge in [0.1, 0.15) is 0 Å². The third-order valence-corrected chi connectivity index (χ3v) is 2.77. The Morgan fingerprint density at radius 2 is 2.00 bits per heavy atom. The van der Waals surface area contributed by atoms with Crippen molar-refractivity contribution in [1.29, 1.82) is 0 Å². The molecular weight excluding hydrogens is 304 g/mol. The van der Waals surface area contributed by atoms with Gasteiger partial charge in [-0.15, -0.1) is 16.7 Å². The lowest BCUT2D eigenvalue weighted by Gasteiger charge is -2.14. The van der Waals surface area contributed by atoms with Crippen LogP contribution in [-0.4, -0.2) is 20.2 Å². The minimum Gasteiger partial charge on any atom is -0.195 e. The average molecular weight is 311 g/mol. The molecule has 0 fully saturated rings. The van der Waals surface area contributed by atoms with Crippen LogP contribution in [0.1, 0.15) is 23.7 Å². The predicted octanol–water partition coefficient (Wildman–Crippen LogP) is 3.63. The molecule has 102 valence electrons. The highest BCUT2D eigenvalue weighted by Gasteiger charge is 2.35. The van der Waals surface area contributed by atoms with Crippen LogP contribution >= 0.6 is 23.2 Å². The van der Waals surface area contributed by atoms with E-state index in [-0.39, 0.29) is 16.5 Å². The van der Waals surface area contributed by atoms with E-state index in [9.17, 15) is 13.2 Å². The van der Waals surface area contributed by atoms with Crippen LogP contribution in [-0.2, 0) is 6.18 Å². The fraction of sp³-hybridized carbons (Fsp3) is 0.300. The smallest absolute Gasteiger partial charge is 0.195 e. The zero-order valence-electron chi connectivity index (χ0n) is 9.49. The number of benzene rings is 1. The summed E-state index contributed by atoms with van der Waals surface area (Å²) in [5.41, 5.74) is -1.14. The SMILES string of the molecule is CC(Cl)c1nnnn1-c1ccc(Cl)cc1C(F)(F)F. The first kappa shape index (κ1) is 14.1. The van der Waals surface area contributed by atoms with Gasteiger partial charge in [-0.2, -0.15) is 17.9 Å². The van der Waals surface area contributed by atoms with Gasteiger partial charge in [0.25, 0.3) is 0 Å². The van der Waals surface area contributed by atoms with E-state index in [4.69, 9.17) is 23.2 Å². The fourth-order valence-corrected chi connectivity index (χ4v) is 1.84. The Balaban J connectivity index is 2.65. The minimum absolute atomic E-state index is 0.0235. The van der Waals surface area contributed by atoms with E-state index in [1.54, 1.807) is 6.92 Å². The maximum absolute atomic E-state index is 13.0. The van der Waals surface area contributed by atoms with Gasteiger partial charge in [0, 0.05) is 5.02 Å². The number of rotatable bonds is 2. The van der Waals surface area contributed by atoms with Gasteiger partial charge in [-0.25, -0.2) is 0 Å². The van der Waals surface area contributed by atoms with Crippen molar-refractivity contribution in [2.24, 2.45) is 0 Å². The van der Waals surface area contributed by atoms with Crippen LogP contribution in [0.15, 0.2) is 18.2 Å². The zero-order valence-corrected chi connectivity index (χ0v) is 11.0. The van der Waals surface area contributed by atoms with Crippen molar-refractivity contribution < 1.29 is 13.2 Å². The molecule has 9 heteroatoms. The second kappa shape index (κ2) is 4.97. The van der Waals surface area contributed by atoms with Crippen LogP contribution in [0.3, 0.4) is 0 Å². The van der Waals surface area contributed by atoms with Gasteiger partial charge < -0.3 is 0 Å². The van der Waals surface area contributed by atoms with E-state index < -0.39 is 17.1 Å². The first-order valence-corrected chi connectivity index (χ1v) is 5.91. The van der Waals surface area contributed by atoms with Gasteiger partial charge in [-0.3, -0.25) is 0 Å².